The van der Waals surface area contributed by atoms with Crippen LogP contribution in [0.1, 0.15) is 33.6 Å². The van der Waals surface area contributed by atoms with Crippen molar-refractivity contribution in [2.45, 2.75) is 39.2 Å². The van der Waals surface area contributed by atoms with E-state index in [1.165, 1.54) is 25.8 Å². The highest BCUT2D eigenvalue weighted by molar-refractivity contribution is 5.89. The molecule has 0 aliphatic heterocycles. The third kappa shape index (κ3) is 4.84. The van der Waals surface area contributed by atoms with E-state index in [-0.39, 0.29) is 12.5 Å². The first-order valence-electron chi connectivity index (χ1n) is 5.49. The van der Waals surface area contributed by atoms with E-state index in [0.29, 0.717) is 12.8 Å². The SMILES string of the molecule is CCCC(C)(NC(=O)CN(C)C(C)=O)C(=O)O. The van der Waals surface area contributed by atoms with Gasteiger partial charge in [-0.2, -0.15) is 0 Å². The fourth-order valence-electron chi connectivity index (χ4n) is 1.40. The van der Waals surface area contributed by atoms with Crippen molar-refractivity contribution < 1.29 is 19.5 Å². The van der Waals surface area contributed by atoms with Gasteiger partial charge in [0.05, 0.1) is 6.54 Å². The maximum atomic E-state index is 11.6. The molecule has 0 aromatic carbocycles. The van der Waals surface area contributed by atoms with Crippen LogP contribution in [-0.2, 0) is 14.4 Å². The molecule has 17 heavy (non-hydrogen) atoms. The molecule has 0 aliphatic rings. The van der Waals surface area contributed by atoms with Crippen LogP contribution in [0.3, 0.4) is 0 Å². The first-order valence-corrected chi connectivity index (χ1v) is 5.49. The normalized spacial score (nSPS) is 13.6. The predicted octanol–water partition coefficient (Wildman–Crippen LogP) is 0.224. The van der Waals surface area contributed by atoms with E-state index in [4.69, 9.17) is 5.11 Å². The smallest absolute Gasteiger partial charge is 0.329 e. The number of carboxylic acid groups (broad SMARTS) is 1. The van der Waals surface area contributed by atoms with Crippen molar-refractivity contribution in [2.75, 3.05) is 13.6 Å². The molecule has 0 radical (unpaired) electrons. The number of hydrogen-bond acceptors (Lipinski definition) is 3. The summed E-state index contributed by atoms with van der Waals surface area (Å²) in [6.45, 7) is 4.51. The maximum absolute atomic E-state index is 11.6. The minimum Gasteiger partial charge on any atom is -0.480 e. The van der Waals surface area contributed by atoms with Crippen LogP contribution in [0.5, 0.6) is 0 Å². The number of nitrogens with zero attached hydrogens (tertiary/aromatic N) is 1. The first-order chi connectivity index (χ1) is 7.73. The highest BCUT2D eigenvalue weighted by Gasteiger charge is 2.33. The highest BCUT2D eigenvalue weighted by atomic mass is 16.4. The van der Waals surface area contributed by atoms with Gasteiger partial charge < -0.3 is 15.3 Å². The van der Waals surface area contributed by atoms with Gasteiger partial charge in [-0.25, -0.2) is 4.79 Å². The van der Waals surface area contributed by atoms with Crippen LogP contribution >= 0.6 is 0 Å². The second-order valence-corrected chi connectivity index (χ2v) is 4.31. The summed E-state index contributed by atoms with van der Waals surface area (Å²) in [5, 5.41) is 11.5. The Kier molecular flexibility index (Phi) is 5.64. The summed E-state index contributed by atoms with van der Waals surface area (Å²) in [4.78, 5) is 34.8. The molecule has 6 nitrogen and oxygen atoms in total. The molecule has 2 N–H and O–H groups in total. The van der Waals surface area contributed by atoms with Crippen molar-refractivity contribution in [1.29, 1.82) is 0 Å². The molecule has 0 saturated carbocycles. The zero-order chi connectivity index (χ0) is 13.6. The quantitative estimate of drug-likeness (QED) is 0.700. The largest absolute Gasteiger partial charge is 0.480 e. The number of rotatable bonds is 6. The topological polar surface area (TPSA) is 86.7 Å². The van der Waals surface area contributed by atoms with Gasteiger partial charge in [0.1, 0.15) is 5.54 Å². The maximum Gasteiger partial charge on any atom is 0.329 e. The van der Waals surface area contributed by atoms with E-state index >= 15 is 0 Å². The number of hydrogen-bond donors (Lipinski definition) is 2. The lowest BCUT2D eigenvalue weighted by atomic mass is 9.96. The fourth-order valence-corrected chi connectivity index (χ4v) is 1.40. The highest BCUT2D eigenvalue weighted by Crippen LogP contribution is 2.12. The summed E-state index contributed by atoms with van der Waals surface area (Å²) in [5.41, 5.74) is -1.27. The number of nitrogens with one attached hydrogen (secondary N) is 1. The summed E-state index contributed by atoms with van der Waals surface area (Å²) in [5.74, 6) is -1.79. The molecule has 2 amide bonds. The Hall–Kier alpha value is -1.59. The first kappa shape index (κ1) is 15.4. The molecule has 0 aromatic rings. The molecule has 1 atom stereocenters. The number of aliphatic carboxylic acids is 1. The zero-order valence-corrected chi connectivity index (χ0v) is 10.7. The number of likely N-dealkylation sites (N-methyl/N-ethyl adjacent to an activating group) is 1. The zero-order valence-electron chi connectivity index (χ0n) is 10.7. The Morgan fingerprint density at radius 1 is 1.35 bits per heavy atom. The van der Waals surface area contributed by atoms with Crippen molar-refractivity contribution in [1.82, 2.24) is 10.2 Å². The predicted molar refractivity (Wildman–Crippen MR) is 62.4 cm³/mol. The van der Waals surface area contributed by atoms with Crippen molar-refractivity contribution in [3.63, 3.8) is 0 Å². The molecule has 98 valence electrons. The lowest BCUT2D eigenvalue weighted by Gasteiger charge is -2.26. The Bertz CT molecular complexity index is 317. The average Bonchev–Trinajstić information content (AvgIpc) is 2.16. The standard InChI is InChI=1S/C11H20N2O4/c1-5-6-11(3,10(16)17)12-9(15)7-13(4)8(2)14/h5-7H2,1-4H3,(H,12,15)(H,16,17). The van der Waals surface area contributed by atoms with Gasteiger partial charge in [0.2, 0.25) is 11.8 Å². The lowest BCUT2D eigenvalue weighted by Crippen LogP contribution is -2.54. The second kappa shape index (κ2) is 6.22. The summed E-state index contributed by atoms with van der Waals surface area (Å²) in [6, 6.07) is 0. The minimum atomic E-state index is -1.27. The molecule has 0 spiro atoms. The molecular formula is C11H20N2O4. The van der Waals surface area contributed by atoms with E-state index in [1.807, 2.05) is 6.92 Å². The molecule has 0 aliphatic carbocycles. The molecule has 0 aromatic heterocycles. The Labute approximate surface area is 101 Å². The van der Waals surface area contributed by atoms with Crippen LogP contribution in [0.15, 0.2) is 0 Å². The molecule has 1 unspecified atom stereocenters. The van der Waals surface area contributed by atoms with Crippen LogP contribution in [0.4, 0.5) is 0 Å². The van der Waals surface area contributed by atoms with E-state index in [9.17, 15) is 14.4 Å². The Balaban J connectivity index is 4.52. The van der Waals surface area contributed by atoms with Crippen LogP contribution in [0, 0.1) is 0 Å². The number of carbonyl (C=O) groups is 3. The van der Waals surface area contributed by atoms with E-state index in [0.717, 1.165) is 0 Å². The molecule has 0 saturated heterocycles. The molecule has 0 heterocycles. The van der Waals surface area contributed by atoms with E-state index in [1.54, 1.807) is 0 Å². The van der Waals surface area contributed by atoms with Gasteiger partial charge in [0.25, 0.3) is 0 Å². The second-order valence-electron chi connectivity index (χ2n) is 4.31. The molecular weight excluding hydrogens is 224 g/mol. The molecule has 6 heteroatoms. The third-order valence-electron chi connectivity index (χ3n) is 2.56. The number of carbonyl (C=O) groups excluding carboxylic acids is 2. The monoisotopic (exact) mass is 244 g/mol. The Morgan fingerprint density at radius 2 is 1.88 bits per heavy atom. The van der Waals surface area contributed by atoms with Crippen molar-refractivity contribution >= 4 is 17.8 Å². The van der Waals surface area contributed by atoms with Crippen LogP contribution in [0.2, 0.25) is 0 Å². The van der Waals surface area contributed by atoms with E-state index < -0.39 is 17.4 Å². The van der Waals surface area contributed by atoms with Gasteiger partial charge in [-0.05, 0) is 13.3 Å². The van der Waals surface area contributed by atoms with Gasteiger partial charge in [0.15, 0.2) is 0 Å². The molecule has 0 fully saturated rings. The summed E-state index contributed by atoms with van der Waals surface area (Å²) < 4.78 is 0. The Morgan fingerprint density at radius 3 is 2.24 bits per heavy atom. The molecule has 0 rings (SSSR count). The fraction of sp³-hybridized carbons (Fsp3) is 0.727. The van der Waals surface area contributed by atoms with Crippen LogP contribution in [-0.4, -0.2) is 46.9 Å². The van der Waals surface area contributed by atoms with E-state index in [2.05, 4.69) is 5.32 Å². The van der Waals surface area contributed by atoms with Gasteiger partial charge in [0, 0.05) is 14.0 Å². The van der Waals surface area contributed by atoms with Gasteiger partial charge in [-0.15, -0.1) is 0 Å². The van der Waals surface area contributed by atoms with Gasteiger partial charge >= 0.3 is 5.97 Å². The summed E-state index contributed by atoms with van der Waals surface area (Å²) in [7, 11) is 1.49. The number of amides is 2. The van der Waals surface area contributed by atoms with Crippen molar-refractivity contribution in [3.8, 4) is 0 Å². The summed E-state index contributed by atoms with van der Waals surface area (Å²) >= 11 is 0. The molecule has 0 bridgehead atoms. The lowest BCUT2D eigenvalue weighted by molar-refractivity contribution is -0.147. The van der Waals surface area contributed by atoms with Crippen molar-refractivity contribution in [3.05, 3.63) is 0 Å². The average molecular weight is 244 g/mol. The van der Waals surface area contributed by atoms with Crippen LogP contribution < -0.4 is 5.32 Å². The van der Waals surface area contributed by atoms with Crippen LogP contribution in [0.25, 0.3) is 0 Å². The minimum absolute atomic E-state index is 0.137. The third-order valence-corrected chi connectivity index (χ3v) is 2.56. The van der Waals surface area contributed by atoms with Gasteiger partial charge in [-0.1, -0.05) is 13.3 Å². The summed E-state index contributed by atoms with van der Waals surface area (Å²) in [6.07, 6.45) is 0.990. The number of carboxylic acids is 1. The van der Waals surface area contributed by atoms with Gasteiger partial charge in [-0.3, -0.25) is 9.59 Å². The van der Waals surface area contributed by atoms with Crippen molar-refractivity contribution in [2.24, 2.45) is 0 Å².